The van der Waals surface area contributed by atoms with Gasteiger partial charge in [0.15, 0.2) is 0 Å². The molecule has 0 aliphatic heterocycles. The minimum absolute atomic E-state index is 0.180. The Hall–Kier alpha value is -6.48. The van der Waals surface area contributed by atoms with Gasteiger partial charge in [0, 0.05) is 135 Å². The Labute approximate surface area is 340 Å². The van der Waals surface area contributed by atoms with E-state index in [-0.39, 0.29) is 11.5 Å². The number of phenols is 2. The van der Waals surface area contributed by atoms with Crippen molar-refractivity contribution in [2.45, 2.75) is 38.8 Å². The Morgan fingerprint density at radius 3 is 1.00 bits per heavy atom. The SMILES string of the molecule is Oc1c(CN(CCc2ccccn2)CCc2ccccn2)cc2ccccc2c1-c1c(O)c(CN(CCc2ccccn2)CCc2ccccn2)cc2ccccc12. The smallest absolute Gasteiger partial charge is 0.128 e. The van der Waals surface area contributed by atoms with Crippen molar-refractivity contribution in [3.05, 3.63) is 192 Å². The number of rotatable bonds is 17. The molecular formula is C50H48N6O2. The first-order valence-electron chi connectivity index (χ1n) is 20.1. The number of phenolic OH excluding ortho intramolecular Hbond substituents is 2. The number of benzene rings is 4. The van der Waals surface area contributed by atoms with E-state index in [0.29, 0.717) is 24.2 Å². The summed E-state index contributed by atoms with van der Waals surface area (Å²) < 4.78 is 0. The quantitative estimate of drug-likeness (QED) is 0.0948. The van der Waals surface area contributed by atoms with Crippen LogP contribution >= 0.6 is 0 Å². The summed E-state index contributed by atoms with van der Waals surface area (Å²) >= 11 is 0. The fraction of sp³-hybridized carbons (Fsp3) is 0.200. The molecule has 8 aromatic rings. The zero-order valence-electron chi connectivity index (χ0n) is 32.7. The molecule has 0 aliphatic rings. The second-order valence-corrected chi connectivity index (χ2v) is 14.8. The maximum Gasteiger partial charge on any atom is 0.128 e. The van der Waals surface area contributed by atoms with Crippen molar-refractivity contribution < 1.29 is 10.2 Å². The van der Waals surface area contributed by atoms with Crippen molar-refractivity contribution in [1.29, 1.82) is 0 Å². The lowest BCUT2D eigenvalue weighted by molar-refractivity contribution is 0.266. The molecule has 8 heteroatoms. The van der Waals surface area contributed by atoms with Crippen molar-refractivity contribution in [3.63, 3.8) is 0 Å². The maximum atomic E-state index is 12.6. The van der Waals surface area contributed by atoms with E-state index >= 15 is 0 Å². The predicted octanol–water partition coefficient (Wildman–Crippen LogP) is 9.23. The summed E-state index contributed by atoms with van der Waals surface area (Å²) in [6.45, 7) is 4.03. The molecule has 0 amide bonds. The first kappa shape index (κ1) is 38.4. The van der Waals surface area contributed by atoms with Gasteiger partial charge in [-0.15, -0.1) is 0 Å². The third-order valence-corrected chi connectivity index (χ3v) is 10.9. The second-order valence-electron chi connectivity index (χ2n) is 14.8. The predicted molar refractivity (Wildman–Crippen MR) is 233 cm³/mol. The van der Waals surface area contributed by atoms with Crippen LogP contribution in [0.15, 0.2) is 158 Å². The number of hydrogen-bond donors (Lipinski definition) is 2. The number of fused-ring (bicyclic) bond motifs is 2. The summed E-state index contributed by atoms with van der Waals surface area (Å²) in [6.07, 6.45) is 10.4. The maximum absolute atomic E-state index is 12.6. The van der Waals surface area contributed by atoms with Gasteiger partial charge in [-0.1, -0.05) is 72.8 Å². The lowest BCUT2D eigenvalue weighted by atomic mass is 9.88. The Kier molecular flexibility index (Phi) is 12.3. The van der Waals surface area contributed by atoms with Crippen LogP contribution in [0.2, 0.25) is 0 Å². The molecule has 0 spiro atoms. The van der Waals surface area contributed by atoms with Crippen LogP contribution in [0.25, 0.3) is 32.7 Å². The Morgan fingerprint density at radius 1 is 0.379 bits per heavy atom. The summed E-state index contributed by atoms with van der Waals surface area (Å²) in [5.74, 6) is 0.360. The number of hydrogen-bond acceptors (Lipinski definition) is 8. The third kappa shape index (κ3) is 9.37. The van der Waals surface area contributed by atoms with Crippen molar-refractivity contribution >= 4 is 21.5 Å². The molecule has 8 rings (SSSR count). The number of nitrogens with zero attached hydrogens (tertiary/aromatic N) is 6. The van der Waals surface area contributed by atoms with Gasteiger partial charge in [-0.05, 0) is 82.2 Å². The number of pyridine rings is 4. The van der Waals surface area contributed by atoms with Gasteiger partial charge in [-0.25, -0.2) is 0 Å². The van der Waals surface area contributed by atoms with Crippen molar-refractivity contribution in [3.8, 4) is 22.6 Å². The molecule has 58 heavy (non-hydrogen) atoms. The van der Waals surface area contributed by atoms with Gasteiger partial charge in [-0.3, -0.25) is 29.7 Å². The van der Waals surface area contributed by atoms with Crippen LogP contribution in [0.3, 0.4) is 0 Å². The molecule has 8 nitrogen and oxygen atoms in total. The topological polar surface area (TPSA) is 98.5 Å². The van der Waals surface area contributed by atoms with Crippen molar-refractivity contribution in [2.75, 3.05) is 26.2 Å². The molecule has 0 bridgehead atoms. The van der Waals surface area contributed by atoms with E-state index in [2.05, 4.69) is 78.3 Å². The monoisotopic (exact) mass is 764 g/mol. The normalized spacial score (nSPS) is 11.6. The van der Waals surface area contributed by atoms with Crippen LogP contribution in [-0.4, -0.2) is 66.1 Å². The minimum Gasteiger partial charge on any atom is -0.507 e. The summed E-state index contributed by atoms with van der Waals surface area (Å²) in [6, 6.07) is 44.6. The zero-order valence-corrected chi connectivity index (χ0v) is 32.7. The fourth-order valence-electron chi connectivity index (χ4n) is 7.83. The molecule has 2 N–H and O–H groups in total. The highest BCUT2D eigenvalue weighted by atomic mass is 16.3. The standard InChI is InChI=1S/C50H48N6O2/c57-49-39(35-55(29-21-41-15-5-9-25-51-41)30-22-42-16-6-10-26-52-42)33-37-13-1-3-19-45(37)47(49)48-46-20-4-2-14-38(46)34-40(50(48)58)36-56(31-23-43-17-7-11-27-53-43)32-24-44-18-8-12-28-54-44/h1-20,25-28,33-34,57-58H,21-24,29-32,35-36H2. The lowest BCUT2D eigenvalue weighted by Crippen LogP contribution is -2.28. The highest BCUT2D eigenvalue weighted by molar-refractivity contribution is 6.10. The molecule has 0 aliphatic carbocycles. The molecular weight excluding hydrogens is 717 g/mol. The Morgan fingerprint density at radius 2 is 0.690 bits per heavy atom. The third-order valence-electron chi connectivity index (χ3n) is 10.9. The van der Waals surface area contributed by atoms with Gasteiger partial charge in [0.25, 0.3) is 0 Å². The highest BCUT2D eigenvalue weighted by Gasteiger charge is 2.24. The molecule has 0 fully saturated rings. The van der Waals surface area contributed by atoms with Crippen LogP contribution in [0.1, 0.15) is 33.9 Å². The summed E-state index contributed by atoms with van der Waals surface area (Å²) in [7, 11) is 0. The second kappa shape index (κ2) is 18.6. The molecule has 0 radical (unpaired) electrons. The van der Waals surface area contributed by atoms with E-state index in [1.807, 2.05) is 110 Å². The average molecular weight is 765 g/mol. The van der Waals surface area contributed by atoms with Crippen molar-refractivity contribution in [1.82, 2.24) is 29.7 Å². The molecule has 4 heterocycles. The lowest BCUT2D eigenvalue weighted by Gasteiger charge is -2.26. The molecule has 0 unspecified atom stereocenters. The minimum atomic E-state index is 0.180. The van der Waals surface area contributed by atoms with Gasteiger partial charge < -0.3 is 10.2 Å². The first-order valence-corrected chi connectivity index (χ1v) is 20.1. The van der Waals surface area contributed by atoms with Gasteiger partial charge in [-0.2, -0.15) is 0 Å². The van der Waals surface area contributed by atoms with E-state index in [1.54, 1.807) is 0 Å². The van der Waals surface area contributed by atoms with Gasteiger partial charge in [0.2, 0.25) is 0 Å². The van der Waals surface area contributed by atoms with Gasteiger partial charge >= 0.3 is 0 Å². The number of aromatic hydroxyl groups is 2. The summed E-state index contributed by atoms with van der Waals surface area (Å²) in [5, 5.41) is 28.9. The Bertz CT molecular complexity index is 2290. The summed E-state index contributed by atoms with van der Waals surface area (Å²) in [5.41, 5.74) is 6.99. The van der Waals surface area contributed by atoms with Crippen LogP contribution in [0, 0.1) is 0 Å². The molecule has 0 saturated heterocycles. The highest BCUT2D eigenvalue weighted by Crippen LogP contribution is 2.48. The van der Waals surface area contributed by atoms with Crippen LogP contribution in [0.4, 0.5) is 0 Å². The van der Waals surface area contributed by atoms with E-state index in [4.69, 9.17) is 0 Å². The van der Waals surface area contributed by atoms with E-state index in [0.717, 1.165) is 107 Å². The molecule has 4 aromatic heterocycles. The number of aromatic nitrogens is 4. The zero-order chi connectivity index (χ0) is 39.5. The largest absolute Gasteiger partial charge is 0.507 e. The van der Waals surface area contributed by atoms with Gasteiger partial charge in [0.1, 0.15) is 11.5 Å². The molecule has 4 aromatic carbocycles. The van der Waals surface area contributed by atoms with E-state index < -0.39 is 0 Å². The summed E-state index contributed by atoms with van der Waals surface area (Å²) in [4.78, 5) is 23.1. The van der Waals surface area contributed by atoms with Crippen molar-refractivity contribution in [2.24, 2.45) is 0 Å². The van der Waals surface area contributed by atoms with Crippen LogP contribution in [-0.2, 0) is 38.8 Å². The fourth-order valence-corrected chi connectivity index (χ4v) is 7.83. The van der Waals surface area contributed by atoms with Gasteiger partial charge in [0.05, 0.1) is 0 Å². The molecule has 0 saturated carbocycles. The van der Waals surface area contributed by atoms with Crippen LogP contribution < -0.4 is 0 Å². The molecule has 290 valence electrons. The molecule has 0 atom stereocenters. The average Bonchev–Trinajstić information content (AvgIpc) is 3.28. The van der Waals surface area contributed by atoms with E-state index in [9.17, 15) is 10.2 Å². The Balaban J connectivity index is 1.18. The van der Waals surface area contributed by atoms with Crippen LogP contribution in [0.5, 0.6) is 11.5 Å². The van der Waals surface area contributed by atoms with E-state index in [1.165, 1.54) is 0 Å². The first-order chi connectivity index (χ1) is 28.6.